The Kier molecular flexibility index (Phi) is 5.87. The molecule has 0 fully saturated rings. The zero-order valence-corrected chi connectivity index (χ0v) is 20.0. The monoisotopic (exact) mass is 399 g/mol. The van der Waals surface area contributed by atoms with Crippen LogP contribution in [-0.4, -0.2) is 4.57 Å². The highest BCUT2D eigenvalue weighted by atomic mass is 15.0. The SMILES string of the molecule is C=Cc1ccc(-n2c(=C/C)/c(=C\C(C)C(C)(C)C)c3cc(C(C)(C)C)ccc32)cc1. The van der Waals surface area contributed by atoms with Crippen LogP contribution in [0.5, 0.6) is 0 Å². The highest BCUT2D eigenvalue weighted by Crippen LogP contribution is 2.28. The van der Waals surface area contributed by atoms with Crippen molar-refractivity contribution in [2.24, 2.45) is 11.3 Å². The number of hydrogen-bond donors (Lipinski definition) is 0. The Morgan fingerprint density at radius 1 is 0.933 bits per heavy atom. The molecule has 1 nitrogen and oxygen atoms in total. The van der Waals surface area contributed by atoms with Crippen molar-refractivity contribution in [2.45, 2.75) is 60.8 Å². The standard InChI is InChI=1S/C29H37N/c1-10-21-12-15-23(16-13-21)30-26(11-2)24(18-20(3)28(4,5)6)25-19-22(29(7,8)9)14-17-27(25)30/h10-20H,1H2,2-9H3/b24-18-,26-11+. The van der Waals surface area contributed by atoms with Crippen molar-refractivity contribution in [3.05, 3.63) is 70.7 Å². The van der Waals surface area contributed by atoms with E-state index in [-0.39, 0.29) is 10.8 Å². The minimum atomic E-state index is 0.116. The van der Waals surface area contributed by atoms with Crippen LogP contribution >= 0.6 is 0 Å². The van der Waals surface area contributed by atoms with Crippen LogP contribution in [0.1, 0.15) is 66.5 Å². The first-order valence-corrected chi connectivity index (χ1v) is 11.0. The molecule has 30 heavy (non-hydrogen) atoms. The summed E-state index contributed by atoms with van der Waals surface area (Å²) >= 11 is 0. The molecule has 0 radical (unpaired) electrons. The summed E-state index contributed by atoms with van der Waals surface area (Å²) in [7, 11) is 0. The molecule has 0 spiro atoms. The first kappa shape index (κ1) is 22.2. The number of hydrogen-bond acceptors (Lipinski definition) is 0. The zero-order valence-electron chi connectivity index (χ0n) is 20.0. The van der Waals surface area contributed by atoms with E-state index in [1.165, 1.54) is 32.7 Å². The van der Waals surface area contributed by atoms with Crippen molar-refractivity contribution >= 4 is 29.1 Å². The van der Waals surface area contributed by atoms with E-state index in [0.29, 0.717) is 5.92 Å². The summed E-state index contributed by atoms with van der Waals surface area (Å²) in [6.07, 6.45) is 6.61. The van der Waals surface area contributed by atoms with E-state index in [1.807, 2.05) is 6.08 Å². The second-order valence-corrected chi connectivity index (χ2v) is 10.5. The van der Waals surface area contributed by atoms with Crippen molar-refractivity contribution in [2.75, 3.05) is 0 Å². The Labute approximate surface area is 182 Å². The highest BCUT2D eigenvalue weighted by molar-refractivity contribution is 5.85. The third-order valence-corrected chi connectivity index (χ3v) is 6.35. The summed E-state index contributed by atoms with van der Waals surface area (Å²) in [6.45, 7) is 22.2. The third kappa shape index (κ3) is 4.17. The smallest absolute Gasteiger partial charge is 0.0541 e. The van der Waals surface area contributed by atoms with E-state index in [0.717, 1.165) is 5.56 Å². The summed E-state index contributed by atoms with van der Waals surface area (Å²) in [4.78, 5) is 0. The van der Waals surface area contributed by atoms with Gasteiger partial charge in [0.25, 0.3) is 0 Å². The first-order chi connectivity index (χ1) is 14.0. The van der Waals surface area contributed by atoms with Gasteiger partial charge in [0.05, 0.1) is 5.52 Å². The van der Waals surface area contributed by atoms with Crippen LogP contribution in [0, 0.1) is 11.3 Å². The summed E-state index contributed by atoms with van der Waals surface area (Å²) in [5, 5.41) is 3.94. The van der Waals surface area contributed by atoms with Crippen LogP contribution < -0.4 is 10.6 Å². The highest BCUT2D eigenvalue weighted by Gasteiger charge is 2.20. The topological polar surface area (TPSA) is 4.93 Å². The van der Waals surface area contributed by atoms with Crippen LogP contribution in [0.2, 0.25) is 0 Å². The fourth-order valence-corrected chi connectivity index (χ4v) is 3.80. The molecule has 1 heterocycles. The predicted molar refractivity (Wildman–Crippen MR) is 135 cm³/mol. The van der Waals surface area contributed by atoms with Gasteiger partial charge in [0.1, 0.15) is 0 Å². The molecule has 1 atom stereocenters. The lowest BCUT2D eigenvalue weighted by Gasteiger charge is -2.24. The summed E-state index contributed by atoms with van der Waals surface area (Å²) in [6, 6.07) is 15.6. The van der Waals surface area contributed by atoms with Gasteiger partial charge >= 0.3 is 0 Å². The molecule has 1 aromatic heterocycles. The molecule has 158 valence electrons. The number of aromatic nitrogens is 1. The average molecular weight is 400 g/mol. The van der Waals surface area contributed by atoms with Crippen LogP contribution in [0.25, 0.3) is 34.8 Å². The fraction of sp³-hybridized carbons (Fsp3) is 0.379. The van der Waals surface area contributed by atoms with Crippen LogP contribution in [0.4, 0.5) is 0 Å². The van der Waals surface area contributed by atoms with Gasteiger partial charge in [-0.2, -0.15) is 0 Å². The van der Waals surface area contributed by atoms with Crippen molar-refractivity contribution in [1.82, 2.24) is 4.57 Å². The van der Waals surface area contributed by atoms with Gasteiger partial charge in [-0.3, -0.25) is 0 Å². The number of benzene rings is 2. The van der Waals surface area contributed by atoms with Crippen molar-refractivity contribution in [1.29, 1.82) is 0 Å². The zero-order chi connectivity index (χ0) is 22.3. The van der Waals surface area contributed by atoms with Gasteiger partial charge in [0.2, 0.25) is 0 Å². The van der Waals surface area contributed by atoms with Gasteiger partial charge < -0.3 is 4.57 Å². The molecule has 0 aliphatic heterocycles. The van der Waals surface area contributed by atoms with Crippen molar-refractivity contribution in [3.8, 4) is 5.69 Å². The van der Waals surface area contributed by atoms with E-state index in [1.54, 1.807) is 0 Å². The Morgan fingerprint density at radius 3 is 2.07 bits per heavy atom. The number of nitrogens with zero attached hydrogens (tertiary/aromatic N) is 1. The van der Waals surface area contributed by atoms with Crippen molar-refractivity contribution < 1.29 is 0 Å². The van der Waals surface area contributed by atoms with Gasteiger partial charge in [-0.05, 0) is 59.1 Å². The molecule has 0 aliphatic rings. The molecule has 0 N–H and O–H groups in total. The lowest BCUT2D eigenvalue weighted by molar-refractivity contribution is 0.330. The van der Waals surface area contributed by atoms with Crippen molar-refractivity contribution in [3.63, 3.8) is 0 Å². The maximum Gasteiger partial charge on any atom is 0.0541 e. The molecule has 0 saturated carbocycles. The number of rotatable bonds is 3. The molecule has 0 amide bonds. The quantitative estimate of drug-likeness (QED) is 0.455. The van der Waals surface area contributed by atoms with E-state index in [9.17, 15) is 0 Å². The summed E-state index contributed by atoms with van der Waals surface area (Å²) in [5.41, 5.74) is 5.28. The van der Waals surface area contributed by atoms with E-state index >= 15 is 0 Å². The summed E-state index contributed by atoms with van der Waals surface area (Å²) in [5.74, 6) is 0.455. The van der Waals surface area contributed by atoms with E-state index in [4.69, 9.17) is 0 Å². The normalized spacial score (nSPS) is 15.1. The molecule has 2 aromatic carbocycles. The van der Waals surface area contributed by atoms with E-state index in [2.05, 4.69) is 121 Å². The Bertz CT molecular complexity index is 1170. The minimum absolute atomic E-state index is 0.116. The maximum absolute atomic E-state index is 3.89. The molecule has 3 aromatic rings. The van der Waals surface area contributed by atoms with Gasteiger partial charge in [-0.15, -0.1) is 0 Å². The van der Waals surface area contributed by atoms with Gasteiger partial charge in [0.15, 0.2) is 0 Å². The Balaban J connectivity index is 2.45. The first-order valence-electron chi connectivity index (χ1n) is 11.0. The fourth-order valence-electron chi connectivity index (χ4n) is 3.80. The second kappa shape index (κ2) is 7.95. The largest absolute Gasteiger partial charge is 0.310 e. The lowest BCUT2D eigenvalue weighted by atomic mass is 9.81. The van der Waals surface area contributed by atoms with Crippen LogP contribution in [-0.2, 0) is 5.41 Å². The average Bonchev–Trinajstić information content (AvgIpc) is 2.99. The molecule has 0 aliphatic carbocycles. The Morgan fingerprint density at radius 2 is 1.57 bits per heavy atom. The van der Waals surface area contributed by atoms with Gasteiger partial charge in [-0.25, -0.2) is 0 Å². The van der Waals surface area contributed by atoms with Crippen LogP contribution in [0.3, 0.4) is 0 Å². The molecule has 1 unspecified atom stereocenters. The van der Waals surface area contributed by atoms with Crippen LogP contribution in [0.15, 0.2) is 49.0 Å². The third-order valence-electron chi connectivity index (χ3n) is 6.35. The van der Waals surface area contributed by atoms with Gasteiger partial charge in [0, 0.05) is 21.6 Å². The maximum atomic E-state index is 3.89. The van der Waals surface area contributed by atoms with E-state index < -0.39 is 0 Å². The lowest BCUT2D eigenvalue weighted by Crippen LogP contribution is -2.30. The summed E-state index contributed by atoms with van der Waals surface area (Å²) < 4.78 is 2.40. The van der Waals surface area contributed by atoms with Gasteiger partial charge in [-0.1, -0.05) is 91.5 Å². The molecule has 1 heteroatoms. The molecule has 3 rings (SSSR count). The molecule has 0 saturated heterocycles. The molecule has 0 bridgehead atoms. The molecular weight excluding hydrogens is 362 g/mol. The predicted octanol–water partition coefficient (Wildman–Crippen LogP) is 6.83. The molecular formula is C29H37N. The second-order valence-electron chi connectivity index (χ2n) is 10.5. The minimum Gasteiger partial charge on any atom is -0.310 e. The number of fused-ring (bicyclic) bond motifs is 1. The Hall–Kier alpha value is -2.54.